The zero-order valence-corrected chi connectivity index (χ0v) is 12.2. The van der Waals surface area contributed by atoms with Crippen LogP contribution in [-0.2, 0) is 9.47 Å². The van der Waals surface area contributed by atoms with Gasteiger partial charge in [-0.15, -0.1) is 0 Å². The van der Waals surface area contributed by atoms with Gasteiger partial charge in [0.25, 0.3) is 0 Å². The summed E-state index contributed by atoms with van der Waals surface area (Å²) in [7, 11) is 3.31. The van der Waals surface area contributed by atoms with Crippen molar-refractivity contribution in [2.45, 2.75) is 12.5 Å². The summed E-state index contributed by atoms with van der Waals surface area (Å²) >= 11 is 0. The van der Waals surface area contributed by atoms with E-state index < -0.39 is 6.10 Å². The highest BCUT2D eigenvalue weighted by atomic mass is 19.1. The molecule has 0 aliphatic heterocycles. The third-order valence-corrected chi connectivity index (χ3v) is 3.21. The van der Waals surface area contributed by atoms with Crippen LogP contribution < -0.4 is 0 Å². The van der Waals surface area contributed by atoms with Crippen LogP contribution in [0, 0.1) is 5.82 Å². The van der Waals surface area contributed by atoms with Crippen molar-refractivity contribution in [1.29, 1.82) is 0 Å². The van der Waals surface area contributed by atoms with Crippen molar-refractivity contribution < 1.29 is 19.0 Å². The average Bonchev–Trinajstić information content (AvgIpc) is 2.46. The molecule has 0 bridgehead atoms. The molecule has 1 aromatic carbocycles. The molecule has 0 fully saturated rings. The molecule has 1 aromatic rings. The highest BCUT2D eigenvalue weighted by molar-refractivity contribution is 5.19. The zero-order chi connectivity index (χ0) is 14.8. The van der Waals surface area contributed by atoms with Gasteiger partial charge in [0.2, 0.25) is 0 Å². The molecule has 0 aliphatic rings. The topological polar surface area (TPSA) is 41.9 Å². The maximum atomic E-state index is 13.6. The van der Waals surface area contributed by atoms with E-state index in [1.807, 2.05) is 0 Å². The summed E-state index contributed by atoms with van der Waals surface area (Å²) in [5.41, 5.74) is 0.353. The Labute approximate surface area is 120 Å². The highest BCUT2D eigenvalue weighted by Gasteiger charge is 2.14. The number of rotatable bonds is 10. The lowest BCUT2D eigenvalue weighted by atomic mass is 10.1. The monoisotopic (exact) mass is 285 g/mol. The van der Waals surface area contributed by atoms with E-state index in [1.54, 1.807) is 32.4 Å². The van der Waals surface area contributed by atoms with Crippen molar-refractivity contribution >= 4 is 0 Å². The predicted molar refractivity (Wildman–Crippen MR) is 76.2 cm³/mol. The van der Waals surface area contributed by atoms with Crippen molar-refractivity contribution in [3.63, 3.8) is 0 Å². The fourth-order valence-corrected chi connectivity index (χ4v) is 1.98. The van der Waals surface area contributed by atoms with Gasteiger partial charge in [-0.05, 0) is 12.5 Å². The van der Waals surface area contributed by atoms with Crippen LogP contribution in [-0.4, -0.2) is 57.1 Å². The number of benzene rings is 1. The van der Waals surface area contributed by atoms with Crippen molar-refractivity contribution in [2.24, 2.45) is 0 Å². The molecule has 1 atom stereocenters. The summed E-state index contributed by atoms with van der Waals surface area (Å²) in [5.74, 6) is -0.361. The van der Waals surface area contributed by atoms with Crippen molar-refractivity contribution in [3.05, 3.63) is 35.6 Å². The molecule has 1 unspecified atom stereocenters. The van der Waals surface area contributed by atoms with Gasteiger partial charge in [0.15, 0.2) is 0 Å². The number of aliphatic hydroxyl groups excluding tert-OH is 1. The number of halogens is 1. The minimum absolute atomic E-state index is 0.353. The van der Waals surface area contributed by atoms with Crippen LogP contribution in [0.5, 0.6) is 0 Å². The van der Waals surface area contributed by atoms with E-state index in [9.17, 15) is 9.50 Å². The van der Waals surface area contributed by atoms with E-state index in [0.717, 1.165) is 13.1 Å². The van der Waals surface area contributed by atoms with Gasteiger partial charge in [-0.1, -0.05) is 18.2 Å². The second-order valence-corrected chi connectivity index (χ2v) is 4.65. The number of ether oxygens (including phenoxy) is 2. The van der Waals surface area contributed by atoms with Gasteiger partial charge in [-0.25, -0.2) is 4.39 Å². The Bertz CT molecular complexity index is 368. The normalized spacial score (nSPS) is 12.8. The number of nitrogens with zero attached hydrogens (tertiary/aromatic N) is 1. The fraction of sp³-hybridized carbons (Fsp3) is 0.600. The summed E-state index contributed by atoms with van der Waals surface area (Å²) in [5, 5.41) is 10.1. The molecule has 0 spiro atoms. The molecule has 0 heterocycles. The lowest BCUT2D eigenvalue weighted by molar-refractivity contribution is 0.0935. The van der Waals surface area contributed by atoms with Crippen LogP contribution in [0.4, 0.5) is 4.39 Å². The van der Waals surface area contributed by atoms with Gasteiger partial charge in [-0.3, -0.25) is 4.90 Å². The summed E-state index contributed by atoms with van der Waals surface area (Å²) in [6, 6.07) is 6.34. The van der Waals surface area contributed by atoms with Gasteiger partial charge in [0.05, 0.1) is 19.3 Å². The Hall–Kier alpha value is -1.01. The van der Waals surface area contributed by atoms with Gasteiger partial charge in [0, 0.05) is 39.4 Å². The second kappa shape index (κ2) is 9.83. The van der Waals surface area contributed by atoms with Crippen LogP contribution in [0.15, 0.2) is 24.3 Å². The molecule has 20 heavy (non-hydrogen) atoms. The van der Waals surface area contributed by atoms with Gasteiger partial charge in [0.1, 0.15) is 5.82 Å². The summed E-state index contributed by atoms with van der Waals surface area (Å²) < 4.78 is 23.7. The first-order chi connectivity index (χ1) is 9.69. The summed E-state index contributed by atoms with van der Waals surface area (Å²) in [4.78, 5) is 2.14. The van der Waals surface area contributed by atoms with Crippen LogP contribution in [0.3, 0.4) is 0 Å². The molecular formula is C15H24FNO3. The van der Waals surface area contributed by atoms with Crippen molar-refractivity contribution in [2.75, 3.05) is 47.1 Å². The minimum atomic E-state index is -0.788. The number of methoxy groups -OCH3 is 2. The molecule has 0 saturated carbocycles. The van der Waals surface area contributed by atoms with E-state index in [-0.39, 0.29) is 5.82 Å². The van der Waals surface area contributed by atoms with Crippen molar-refractivity contribution in [1.82, 2.24) is 4.90 Å². The Morgan fingerprint density at radius 2 is 1.70 bits per heavy atom. The van der Waals surface area contributed by atoms with E-state index in [4.69, 9.17) is 9.47 Å². The minimum Gasteiger partial charge on any atom is -0.388 e. The molecule has 0 aliphatic carbocycles. The SMILES string of the molecule is COCCN(CCOC)CCC(O)c1ccccc1F. The van der Waals surface area contributed by atoms with E-state index in [1.165, 1.54) is 6.07 Å². The largest absolute Gasteiger partial charge is 0.388 e. The zero-order valence-electron chi connectivity index (χ0n) is 12.2. The second-order valence-electron chi connectivity index (χ2n) is 4.65. The van der Waals surface area contributed by atoms with Gasteiger partial charge in [-0.2, -0.15) is 0 Å². The molecule has 0 saturated heterocycles. The van der Waals surface area contributed by atoms with Crippen molar-refractivity contribution in [3.8, 4) is 0 Å². The average molecular weight is 285 g/mol. The summed E-state index contributed by atoms with van der Waals surface area (Å²) in [6.45, 7) is 3.45. The molecule has 1 N–H and O–H groups in total. The Morgan fingerprint density at radius 3 is 2.25 bits per heavy atom. The first-order valence-corrected chi connectivity index (χ1v) is 6.81. The van der Waals surface area contributed by atoms with E-state index in [0.29, 0.717) is 31.7 Å². The molecule has 5 heteroatoms. The maximum absolute atomic E-state index is 13.6. The fourth-order valence-electron chi connectivity index (χ4n) is 1.98. The molecule has 1 rings (SSSR count). The number of hydrogen-bond donors (Lipinski definition) is 1. The number of aliphatic hydroxyl groups is 1. The van der Waals surface area contributed by atoms with Gasteiger partial charge >= 0.3 is 0 Å². The Kier molecular flexibility index (Phi) is 8.37. The maximum Gasteiger partial charge on any atom is 0.128 e. The van der Waals surface area contributed by atoms with Crippen LogP contribution in [0.1, 0.15) is 18.1 Å². The first-order valence-electron chi connectivity index (χ1n) is 6.81. The third kappa shape index (κ3) is 5.96. The molecule has 0 aromatic heterocycles. The molecular weight excluding hydrogens is 261 g/mol. The Balaban J connectivity index is 2.46. The lowest BCUT2D eigenvalue weighted by Crippen LogP contribution is -2.32. The lowest BCUT2D eigenvalue weighted by Gasteiger charge is -2.23. The summed E-state index contributed by atoms with van der Waals surface area (Å²) in [6.07, 6.45) is -0.308. The van der Waals surface area contributed by atoms with Crippen LogP contribution in [0.25, 0.3) is 0 Å². The standard InChI is InChI=1S/C15H24FNO3/c1-19-11-9-17(10-12-20-2)8-7-15(18)13-5-3-4-6-14(13)16/h3-6,15,18H,7-12H2,1-2H3. The first kappa shape index (κ1) is 17.0. The predicted octanol–water partition coefficient (Wildman–Crippen LogP) is 1.84. The molecule has 114 valence electrons. The van der Waals surface area contributed by atoms with Gasteiger partial charge < -0.3 is 14.6 Å². The quantitative estimate of drug-likeness (QED) is 0.712. The molecule has 4 nitrogen and oxygen atoms in total. The molecule has 0 radical (unpaired) electrons. The van der Waals surface area contributed by atoms with E-state index in [2.05, 4.69) is 4.90 Å². The molecule has 0 amide bonds. The van der Waals surface area contributed by atoms with E-state index >= 15 is 0 Å². The Morgan fingerprint density at radius 1 is 1.10 bits per heavy atom. The van der Waals surface area contributed by atoms with Crippen LogP contribution in [0.2, 0.25) is 0 Å². The smallest absolute Gasteiger partial charge is 0.128 e. The highest BCUT2D eigenvalue weighted by Crippen LogP contribution is 2.19. The third-order valence-electron chi connectivity index (χ3n) is 3.21. The van der Waals surface area contributed by atoms with Crippen LogP contribution >= 0.6 is 0 Å². The number of hydrogen-bond acceptors (Lipinski definition) is 4.